The third-order valence-corrected chi connectivity index (χ3v) is 2.08. The fourth-order valence-corrected chi connectivity index (χ4v) is 1.36. The summed E-state index contributed by atoms with van der Waals surface area (Å²) in [5.41, 5.74) is 2.23. The number of hydrogen-bond acceptors (Lipinski definition) is 2. The standard InChI is InChI=1S/C12H10F2N2/c1-8-4-10(7-15-6-8)16-9-2-3-11(13)12(14)5-9/h2-7,16H,1H3. The average Bonchev–Trinajstić information content (AvgIpc) is 2.24. The summed E-state index contributed by atoms with van der Waals surface area (Å²) < 4.78 is 25.6. The van der Waals surface area contributed by atoms with Gasteiger partial charge in [-0.25, -0.2) is 8.78 Å². The summed E-state index contributed by atoms with van der Waals surface area (Å²) in [5, 5.41) is 2.94. The summed E-state index contributed by atoms with van der Waals surface area (Å²) in [5.74, 6) is -1.72. The van der Waals surface area contributed by atoms with Crippen LogP contribution in [0.1, 0.15) is 5.56 Å². The van der Waals surface area contributed by atoms with Crippen molar-refractivity contribution in [2.45, 2.75) is 6.92 Å². The number of aromatic nitrogens is 1. The molecular formula is C12H10F2N2. The molecule has 2 nitrogen and oxygen atoms in total. The second kappa shape index (κ2) is 4.26. The zero-order chi connectivity index (χ0) is 11.5. The monoisotopic (exact) mass is 220 g/mol. The highest BCUT2D eigenvalue weighted by Gasteiger charge is 2.02. The van der Waals surface area contributed by atoms with Gasteiger partial charge in [0.15, 0.2) is 11.6 Å². The molecule has 0 bridgehead atoms. The van der Waals surface area contributed by atoms with Crippen molar-refractivity contribution >= 4 is 11.4 Å². The van der Waals surface area contributed by atoms with Crippen LogP contribution < -0.4 is 5.32 Å². The van der Waals surface area contributed by atoms with Crippen LogP contribution in [0.4, 0.5) is 20.2 Å². The van der Waals surface area contributed by atoms with Crippen LogP contribution in [-0.4, -0.2) is 4.98 Å². The van der Waals surface area contributed by atoms with Crippen molar-refractivity contribution in [3.8, 4) is 0 Å². The van der Waals surface area contributed by atoms with Crippen molar-refractivity contribution in [3.05, 3.63) is 53.9 Å². The normalized spacial score (nSPS) is 10.2. The molecule has 0 saturated carbocycles. The lowest BCUT2D eigenvalue weighted by atomic mass is 10.2. The molecule has 0 aliphatic heterocycles. The number of hydrogen-bond donors (Lipinski definition) is 1. The largest absolute Gasteiger partial charge is 0.354 e. The fourth-order valence-electron chi connectivity index (χ4n) is 1.36. The second-order valence-corrected chi connectivity index (χ2v) is 3.50. The quantitative estimate of drug-likeness (QED) is 0.838. The fraction of sp³-hybridized carbons (Fsp3) is 0.0833. The summed E-state index contributed by atoms with van der Waals surface area (Å²) in [7, 11) is 0. The molecule has 2 rings (SSSR count). The van der Waals surface area contributed by atoms with E-state index in [1.54, 1.807) is 12.4 Å². The molecule has 0 unspecified atom stereocenters. The molecule has 16 heavy (non-hydrogen) atoms. The molecule has 4 heteroatoms. The van der Waals surface area contributed by atoms with Crippen LogP contribution in [0.15, 0.2) is 36.7 Å². The first kappa shape index (κ1) is 10.5. The van der Waals surface area contributed by atoms with Gasteiger partial charge in [-0.1, -0.05) is 0 Å². The molecule has 0 amide bonds. The number of nitrogens with zero attached hydrogens (tertiary/aromatic N) is 1. The molecule has 1 N–H and O–H groups in total. The van der Waals surface area contributed by atoms with Gasteiger partial charge in [-0.15, -0.1) is 0 Å². The lowest BCUT2D eigenvalue weighted by Gasteiger charge is -2.06. The summed E-state index contributed by atoms with van der Waals surface area (Å²) in [6, 6.07) is 5.54. The first-order chi connectivity index (χ1) is 7.65. The molecule has 82 valence electrons. The van der Waals surface area contributed by atoms with Gasteiger partial charge in [-0.05, 0) is 30.7 Å². The molecule has 0 aliphatic rings. The number of anilines is 2. The van der Waals surface area contributed by atoms with Gasteiger partial charge in [0.05, 0.1) is 11.9 Å². The lowest BCUT2D eigenvalue weighted by molar-refractivity contribution is 0.509. The SMILES string of the molecule is Cc1cncc(Nc2ccc(F)c(F)c2)c1. The van der Waals surface area contributed by atoms with Crippen LogP contribution in [-0.2, 0) is 0 Å². The Morgan fingerprint density at radius 2 is 1.81 bits per heavy atom. The minimum atomic E-state index is -0.870. The van der Waals surface area contributed by atoms with Gasteiger partial charge >= 0.3 is 0 Å². The predicted molar refractivity (Wildman–Crippen MR) is 58.6 cm³/mol. The molecule has 0 saturated heterocycles. The summed E-state index contributed by atoms with van der Waals surface area (Å²) in [4.78, 5) is 3.99. The topological polar surface area (TPSA) is 24.9 Å². The van der Waals surface area contributed by atoms with Crippen molar-refractivity contribution in [2.24, 2.45) is 0 Å². The maximum atomic E-state index is 12.9. The van der Waals surface area contributed by atoms with Gasteiger partial charge in [0, 0.05) is 18.0 Å². The molecular weight excluding hydrogens is 210 g/mol. The number of nitrogens with one attached hydrogen (secondary N) is 1. The number of rotatable bonds is 2. The Kier molecular flexibility index (Phi) is 2.81. The van der Waals surface area contributed by atoms with Crippen LogP contribution in [0.5, 0.6) is 0 Å². The van der Waals surface area contributed by atoms with Crippen molar-refractivity contribution in [1.29, 1.82) is 0 Å². The Hall–Kier alpha value is -1.97. The zero-order valence-electron chi connectivity index (χ0n) is 8.67. The smallest absolute Gasteiger partial charge is 0.160 e. The molecule has 1 aromatic heterocycles. The van der Waals surface area contributed by atoms with Gasteiger partial charge in [-0.3, -0.25) is 4.98 Å². The molecule has 0 fully saturated rings. The Bertz CT molecular complexity index is 512. The third-order valence-electron chi connectivity index (χ3n) is 2.08. The van der Waals surface area contributed by atoms with E-state index >= 15 is 0 Å². The van der Waals surface area contributed by atoms with Crippen LogP contribution in [0.25, 0.3) is 0 Å². The van der Waals surface area contributed by atoms with Crippen molar-refractivity contribution in [1.82, 2.24) is 4.98 Å². The maximum absolute atomic E-state index is 12.9. The van der Waals surface area contributed by atoms with E-state index in [1.807, 2.05) is 13.0 Å². The predicted octanol–water partition coefficient (Wildman–Crippen LogP) is 3.41. The summed E-state index contributed by atoms with van der Waals surface area (Å²) in [6.45, 7) is 1.91. The van der Waals surface area contributed by atoms with E-state index in [4.69, 9.17) is 0 Å². The third kappa shape index (κ3) is 2.34. The number of pyridine rings is 1. The molecule has 0 spiro atoms. The van der Waals surface area contributed by atoms with Gasteiger partial charge < -0.3 is 5.32 Å². The van der Waals surface area contributed by atoms with Crippen LogP contribution >= 0.6 is 0 Å². The van der Waals surface area contributed by atoms with Crippen LogP contribution in [0.2, 0.25) is 0 Å². The van der Waals surface area contributed by atoms with Crippen LogP contribution in [0.3, 0.4) is 0 Å². The molecule has 0 atom stereocenters. The van der Waals surface area contributed by atoms with E-state index in [1.165, 1.54) is 6.07 Å². The first-order valence-corrected chi connectivity index (χ1v) is 4.79. The van der Waals surface area contributed by atoms with E-state index < -0.39 is 11.6 Å². The van der Waals surface area contributed by atoms with E-state index in [9.17, 15) is 8.78 Å². The van der Waals surface area contributed by atoms with Crippen molar-refractivity contribution in [3.63, 3.8) is 0 Å². The average molecular weight is 220 g/mol. The van der Waals surface area contributed by atoms with Crippen molar-refractivity contribution in [2.75, 3.05) is 5.32 Å². The van der Waals surface area contributed by atoms with E-state index in [0.29, 0.717) is 5.69 Å². The zero-order valence-corrected chi connectivity index (χ0v) is 8.67. The Balaban J connectivity index is 2.24. The highest BCUT2D eigenvalue weighted by molar-refractivity contribution is 5.59. The number of aryl methyl sites for hydroxylation is 1. The highest BCUT2D eigenvalue weighted by atomic mass is 19.2. The minimum absolute atomic E-state index is 0.492. The highest BCUT2D eigenvalue weighted by Crippen LogP contribution is 2.18. The first-order valence-electron chi connectivity index (χ1n) is 4.79. The Morgan fingerprint density at radius 1 is 1.00 bits per heavy atom. The Morgan fingerprint density at radius 3 is 2.50 bits per heavy atom. The van der Waals surface area contributed by atoms with Gasteiger partial charge in [0.25, 0.3) is 0 Å². The van der Waals surface area contributed by atoms with Crippen LogP contribution in [0, 0.1) is 18.6 Å². The summed E-state index contributed by atoms with van der Waals surface area (Å²) in [6.07, 6.45) is 3.34. The molecule has 2 aromatic rings. The van der Waals surface area contributed by atoms with Gasteiger partial charge in [0.2, 0.25) is 0 Å². The van der Waals surface area contributed by atoms with Gasteiger partial charge in [-0.2, -0.15) is 0 Å². The lowest BCUT2D eigenvalue weighted by Crippen LogP contribution is -1.93. The molecule has 0 radical (unpaired) electrons. The Labute approximate surface area is 92.0 Å². The molecule has 0 aliphatic carbocycles. The minimum Gasteiger partial charge on any atom is -0.354 e. The second-order valence-electron chi connectivity index (χ2n) is 3.50. The number of benzene rings is 1. The van der Waals surface area contributed by atoms with Crippen molar-refractivity contribution < 1.29 is 8.78 Å². The summed E-state index contributed by atoms with van der Waals surface area (Å²) >= 11 is 0. The van der Waals surface area contributed by atoms with E-state index in [0.717, 1.165) is 23.4 Å². The molecule has 1 aromatic carbocycles. The number of halogens is 2. The van der Waals surface area contributed by atoms with Gasteiger partial charge in [0.1, 0.15) is 0 Å². The van der Waals surface area contributed by atoms with E-state index in [-0.39, 0.29) is 0 Å². The molecule has 1 heterocycles. The maximum Gasteiger partial charge on any atom is 0.160 e. The van der Waals surface area contributed by atoms with E-state index in [2.05, 4.69) is 10.3 Å².